The molecule has 3 N–H and O–H groups in total. The number of benzene rings is 1. The van der Waals surface area contributed by atoms with Gasteiger partial charge in [0.15, 0.2) is 23.7 Å². The Hall–Kier alpha value is -3.84. The number of hydrogen-bond acceptors (Lipinski definition) is 12. The molecule has 260 valence electrons. The number of phenolic OH excluding ortho intramolecular Hbond substituents is 1. The summed E-state index contributed by atoms with van der Waals surface area (Å²) < 4.78 is 27.7. The van der Waals surface area contributed by atoms with Gasteiger partial charge in [0.05, 0.1) is 24.0 Å². The Balaban J connectivity index is 1.57. The van der Waals surface area contributed by atoms with Gasteiger partial charge < -0.3 is 44.1 Å². The Kier molecular flexibility index (Phi) is 10.2. The lowest BCUT2D eigenvalue weighted by Gasteiger charge is -2.58. The summed E-state index contributed by atoms with van der Waals surface area (Å²) in [6.07, 6.45) is -1.80. The van der Waals surface area contributed by atoms with E-state index in [9.17, 15) is 29.4 Å². The molecule has 13 nitrogen and oxygen atoms in total. The number of amides is 1. The molecule has 0 saturated carbocycles. The fourth-order valence-corrected chi connectivity index (χ4v) is 6.65. The van der Waals surface area contributed by atoms with E-state index >= 15 is 0 Å². The Labute approximate surface area is 275 Å². The van der Waals surface area contributed by atoms with Crippen LogP contribution >= 0.6 is 0 Å². The summed E-state index contributed by atoms with van der Waals surface area (Å²) in [7, 11) is 1.93. The number of rotatable bonds is 9. The molecule has 2 heterocycles. The van der Waals surface area contributed by atoms with E-state index in [2.05, 4.69) is 10.2 Å². The molecule has 1 aromatic rings. The van der Waals surface area contributed by atoms with Crippen LogP contribution in [0.3, 0.4) is 0 Å². The van der Waals surface area contributed by atoms with Crippen molar-refractivity contribution in [3.63, 3.8) is 0 Å². The predicted molar refractivity (Wildman–Crippen MR) is 169 cm³/mol. The first kappa shape index (κ1) is 36.0. The normalized spacial score (nSPS) is 26.4. The van der Waals surface area contributed by atoms with Crippen molar-refractivity contribution in [1.82, 2.24) is 10.2 Å². The molecule has 0 unspecified atom stereocenters. The topological polar surface area (TPSA) is 170 Å². The molecule has 6 atom stereocenters. The SMILES string of the molecule is Cc1ccc(O)c2c1[C@]13CCN(C)[C@H](C)[C@]1(O)CC=C(OC(=O)C[C@H](NC(=O)[C@H](C)OC(=O)OC(C)(C)C)C(=O)OCC(C)C)[C@@H]3O2. The van der Waals surface area contributed by atoms with E-state index < -0.39 is 65.3 Å². The minimum Gasteiger partial charge on any atom is -0.504 e. The summed E-state index contributed by atoms with van der Waals surface area (Å²) in [6.45, 7) is 14.4. The average Bonchev–Trinajstić information content (AvgIpc) is 3.34. The molecule has 1 saturated heterocycles. The van der Waals surface area contributed by atoms with Crippen LogP contribution in [0.4, 0.5) is 4.79 Å². The quantitative estimate of drug-likeness (QED) is 0.261. The second-order valence-electron chi connectivity index (χ2n) is 14.2. The van der Waals surface area contributed by atoms with Crippen LogP contribution in [0.25, 0.3) is 0 Å². The minimum absolute atomic E-state index is 0.0167. The number of carbonyl (C=O) groups excluding carboxylic acids is 4. The predicted octanol–water partition coefficient (Wildman–Crippen LogP) is 3.40. The first-order valence-electron chi connectivity index (χ1n) is 16.0. The zero-order chi connectivity index (χ0) is 35.1. The molecule has 3 aliphatic rings. The maximum Gasteiger partial charge on any atom is 0.509 e. The standard InChI is InChI=1S/C34H48N2O11/c1-18(2)17-43-30(40)22(35-29(39)20(4)44-31(41)47-32(6,7)8)16-25(38)45-24-12-13-34(42)21(5)36(9)15-14-33(34)26-19(3)10-11-23(37)27(26)46-28(24)33/h10-12,18,20-22,28,37,42H,13-17H2,1-9H3,(H,35,39)/t20-,21+,22-,28-,33-,34+/m0/s1. The molecule has 13 heteroatoms. The van der Waals surface area contributed by atoms with E-state index in [1.807, 2.05) is 34.7 Å². The summed E-state index contributed by atoms with van der Waals surface area (Å²) in [5.41, 5.74) is -1.73. The van der Waals surface area contributed by atoms with Crippen LogP contribution in [0.2, 0.25) is 0 Å². The summed E-state index contributed by atoms with van der Waals surface area (Å²) in [4.78, 5) is 53.7. The molecular weight excluding hydrogens is 612 g/mol. The Morgan fingerprint density at radius 2 is 1.85 bits per heavy atom. The number of nitrogens with one attached hydrogen (secondary N) is 1. The molecule has 4 rings (SSSR count). The maximum absolute atomic E-state index is 13.5. The first-order valence-corrected chi connectivity index (χ1v) is 16.0. The van der Waals surface area contributed by atoms with Gasteiger partial charge in [0.25, 0.3) is 5.91 Å². The summed E-state index contributed by atoms with van der Waals surface area (Å²) in [6, 6.07) is 1.53. The Bertz CT molecular complexity index is 1430. The molecule has 1 fully saturated rings. The third kappa shape index (κ3) is 7.06. The lowest BCUT2D eigenvalue weighted by molar-refractivity contribution is -0.163. The molecule has 2 aliphatic heterocycles. The third-order valence-electron chi connectivity index (χ3n) is 9.13. The Morgan fingerprint density at radius 1 is 1.17 bits per heavy atom. The summed E-state index contributed by atoms with van der Waals surface area (Å²) in [5, 5.41) is 25.6. The summed E-state index contributed by atoms with van der Waals surface area (Å²) in [5.74, 6) is -2.33. The van der Waals surface area contributed by atoms with Crippen LogP contribution in [0.5, 0.6) is 11.5 Å². The zero-order valence-electron chi connectivity index (χ0n) is 28.7. The van der Waals surface area contributed by atoms with Gasteiger partial charge in [0.1, 0.15) is 17.4 Å². The number of phenols is 1. The van der Waals surface area contributed by atoms with Crippen LogP contribution in [0.1, 0.15) is 78.9 Å². The number of likely N-dealkylation sites (tertiary alicyclic amines) is 1. The number of aliphatic hydroxyl groups is 1. The number of nitrogens with zero attached hydrogens (tertiary/aromatic N) is 1. The molecule has 0 radical (unpaired) electrons. The van der Waals surface area contributed by atoms with Gasteiger partial charge in [-0.05, 0) is 85.2 Å². The maximum atomic E-state index is 13.5. The number of aromatic hydroxyl groups is 1. The van der Waals surface area contributed by atoms with Crippen LogP contribution < -0.4 is 10.1 Å². The molecule has 1 amide bonds. The van der Waals surface area contributed by atoms with Crippen molar-refractivity contribution in [2.24, 2.45) is 5.92 Å². The van der Waals surface area contributed by atoms with Crippen molar-refractivity contribution < 1.29 is 53.1 Å². The number of ether oxygens (including phenoxy) is 5. The van der Waals surface area contributed by atoms with Gasteiger partial charge in [-0.15, -0.1) is 0 Å². The smallest absolute Gasteiger partial charge is 0.504 e. The van der Waals surface area contributed by atoms with Gasteiger partial charge in [-0.25, -0.2) is 9.59 Å². The van der Waals surface area contributed by atoms with Crippen LogP contribution in [0.15, 0.2) is 24.0 Å². The lowest BCUT2D eigenvalue weighted by atomic mass is 9.54. The highest BCUT2D eigenvalue weighted by atomic mass is 16.7. The first-order chi connectivity index (χ1) is 21.8. The molecule has 0 aromatic heterocycles. The van der Waals surface area contributed by atoms with Gasteiger partial charge in [-0.3, -0.25) is 9.59 Å². The molecule has 1 aliphatic carbocycles. The fraction of sp³-hybridized carbons (Fsp3) is 0.647. The van der Waals surface area contributed by atoms with E-state index in [1.54, 1.807) is 32.9 Å². The van der Waals surface area contributed by atoms with Crippen LogP contribution in [-0.2, 0) is 38.7 Å². The van der Waals surface area contributed by atoms with Crippen molar-refractivity contribution in [2.75, 3.05) is 20.2 Å². The number of aryl methyl sites for hydroxylation is 1. The van der Waals surface area contributed by atoms with E-state index in [0.29, 0.717) is 18.5 Å². The van der Waals surface area contributed by atoms with E-state index in [4.69, 9.17) is 23.7 Å². The molecule has 0 bridgehead atoms. The van der Waals surface area contributed by atoms with Crippen molar-refractivity contribution in [3.05, 3.63) is 35.1 Å². The van der Waals surface area contributed by atoms with Gasteiger partial charge in [0, 0.05) is 18.0 Å². The van der Waals surface area contributed by atoms with Crippen LogP contribution in [0, 0.1) is 12.8 Å². The van der Waals surface area contributed by atoms with Crippen molar-refractivity contribution in [3.8, 4) is 11.5 Å². The van der Waals surface area contributed by atoms with Gasteiger partial charge in [-0.2, -0.15) is 0 Å². The monoisotopic (exact) mass is 660 g/mol. The van der Waals surface area contributed by atoms with Crippen LogP contribution in [-0.4, -0.2) is 94.8 Å². The average molecular weight is 661 g/mol. The van der Waals surface area contributed by atoms with E-state index in [1.165, 1.54) is 13.0 Å². The summed E-state index contributed by atoms with van der Waals surface area (Å²) >= 11 is 0. The molecule has 47 heavy (non-hydrogen) atoms. The van der Waals surface area contributed by atoms with Gasteiger partial charge in [0.2, 0.25) is 0 Å². The fourth-order valence-electron chi connectivity index (χ4n) is 6.65. The van der Waals surface area contributed by atoms with Crippen molar-refractivity contribution >= 4 is 24.0 Å². The highest BCUT2D eigenvalue weighted by Gasteiger charge is 2.69. The van der Waals surface area contributed by atoms with Crippen molar-refractivity contribution in [2.45, 2.75) is 116 Å². The Morgan fingerprint density at radius 3 is 2.49 bits per heavy atom. The van der Waals surface area contributed by atoms with E-state index in [-0.39, 0.29) is 42.2 Å². The van der Waals surface area contributed by atoms with Crippen molar-refractivity contribution in [1.29, 1.82) is 0 Å². The van der Waals surface area contributed by atoms with E-state index in [0.717, 1.165) is 5.56 Å². The number of carbonyl (C=O) groups is 4. The van der Waals surface area contributed by atoms with Gasteiger partial charge in [-0.1, -0.05) is 19.9 Å². The molecule has 1 spiro atoms. The highest BCUT2D eigenvalue weighted by molar-refractivity contribution is 5.90. The zero-order valence-corrected chi connectivity index (χ0v) is 28.7. The second kappa shape index (κ2) is 13.3. The van der Waals surface area contributed by atoms with Gasteiger partial charge >= 0.3 is 18.1 Å². The number of fused-ring (bicyclic) bond motifs is 1. The highest BCUT2D eigenvalue weighted by Crippen LogP contribution is 2.62. The number of hydrogen-bond donors (Lipinski definition) is 3. The number of esters is 2. The molecule has 1 aromatic carbocycles. The minimum atomic E-state index is -1.47. The number of likely N-dealkylation sites (N-methyl/N-ethyl adjacent to an activating group) is 1. The largest absolute Gasteiger partial charge is 0.509 e. The second-order valence-corrected chi connectivity index (χ2v) is 14.2. The molecular formula is C34H48N2O11. The number of piperidine rings is 1. The third-order valence-corrected chi connectivity index (χ3v) is 9.13. The lowest BCUT2D eigenvalue weighted by Crippen LogP contribution is -2.71.